The van der Waals surface area contributed by atoms with Gasteiger partial charge in [-0.25, -0.2) is 0 Å². The number of benzene rings is 2. The summed E-state index contributed by atoms with van der Waals surface area (Å²) in [7, 11) is 0. The Balaban J connectivity index is 2.29. The van der Waals surface area contributed by atoms with Crippen LogP contribution < -0.4 is 0 Å². The van der Waals surface area contributed by atoms with E-state index in [1.54, 1.807) is 0 Å². The van der Waals surface area contributed by atoms with Crippen LogP contribution >= 0.6 is 43.6 Å². The van der Waals surface area contributed by atoms with Gasteiger partial charge in [-0.05, 0) is 47.6 Å². The minimum absolute atomic E-state index is 0.418. The molecule has 0 aliphatic rings. The molecular weight excluding hydrogens is 384 g/mol. The van der Waals surface area contributed by atoms with E-state index in [4.69, 9.17) is 0 Å². The van der Waals surface area contributed by atoms with Crippen molar-refractivity contribution in [3.63, 3.8) is 0 Å². The molecule has 0 unspecified atom stereocenters. The van der Waals surface area contributed by atoms with Crippen molar-refractivity contribution in [2.45, 2.75) is 18.6 Å². The normalized spacial score (nSPS) is 10.9. The van der Waals surface area contributed by atoms with Gasteiger partial charge in [-0.15, -0.1) is 11.8 Å². The minimum Gasteiger partial charge on any atom is -0.149 e. The van der Waals surface area contributed by atoms with Gasteiger partial charge in [0.15, 0.2) is 0 Å². The first-order chi connectivity index (χ1) is 9.20. The summed E-state index contributed by atoms with van der Waals surface area (Å²) < 4.78 is 2.26. The monoisotopic (exact) mass is 398 g/mol. The number of hydrogen-bond donors (Lipinski definition) is 0. The molecule has 0 aromatic heterocycles. The lowest BCUT2D eigenvalue weighted by molar-refractivity contribution is 1.08. The molecule has 0 aliphatic heterocycles. The molecule has 0 fully saturated rings. The molecule has 3 heteroatoms. The smallest absolute Gasteiger partial charge is 0.0546 e. The molecule has 0 N–H and O–H groups in total. The summed E-state index contributed by atoms with van der Waals surface area (Å²) in [5.41, 5.74) is 2.73. The predicted molar refractivity (Wildman–Crippen MR) is 92.9 cm³/mol. The van der Waals surface area contributed by atoms with Crippen molar-refractivity contribution in [1.82, 2.24) is 0 Å². The first kappa shape index (κ1) is 15.1. The fourth-order valence-electron chi connectivity index (χ4n) is 1.90. The molecule has 0 radical (unpaired) electrons. The summed E-state index contributed by atoms with van der Waals surface area (Å²) in [4.78, 5) is 0. The van der Waals surface area contributed by atoms with Crippen molar-refractivity contribution in [2.24, 2.45) is 0 Å². The van der Waals surface area contributed by atoms with Crippen LogP contribution in [-0.4, -0.2) is 5.75 Å². The second-order valence-corrected chi connectivity index (χ2v) is 7.40. The van der Waals surface area contributed by atoms with Gasteiger partial charge in [0, 0.05) is 8.95 Å². The van der Waals surface area contributed by atoms with Crippen molar-refractivity contribution >= 4 is 43.6 Å². The Morgan fingerprint density at radius 3 is 1.63 bits per heavy atom. The largest absolute Gasteiger partial charge is 0.149 e. The Morgan fingerprint density at radius 1 is 0.842 bits per heavy atom. The first-order valence-corrected chi connectivity index (χ1v) is 8.96. The van der Waals surface area contributed by atoms with Crippen LogP contribution in [0.1, 0.15) is 29.7 Å². The van der Waals surface area contributed by atoms with Crippen LogP contribution in [-0.2, 0) is 0 Å². The van der Waals surface area contributed by atoms with Gasteiger partial charge in [0.05, 0.1) is 5.25 Å². The van der Waals surface area contributed by atoms with E-state index in [0.717, 1.165) is 8.95 Å². The van der Waals surface area contributed by atoms with Crippen molar-refractivity contribution in [3.05, 3.63) is 68.6 Å². The molecule has 0 bridgehead atoms. The standard InChI is InChI=1S/C16H16Br2S/c1-2-11-19-16(12-3-7-14(17)8-4-12)13-5-9-15(18)10-6-13/h3-10,16H,2,11H2,1H3. The lowest BCUT2D eigenvalue weighted by Gasteiger charge is -2.17. The van der Waals surface area contributed by atoms with Gasteiger partial charge in [-0.3, -0.25) is 0 Å². The quantitative estimate of drug-likeness (QED) is 0.556. The summed E-state index contributed by atoms with van der Waals surface area (Å²) in [6.45, 7) is 2.23. The Labute approximate surface area is 136 Å². The van der Waals surface area contributed by atoms with E-state index in [-0.39, 0.29) is 0 Å². The molecule has 100 valence electrons. The molecule has 0 heterocycles. The highest BCUT2D eigenvalue weighted by Gasteiger charge is 2.14. The van der Waals surface area contributed by atoms with Crippen molar-refractivity contribution in [3.8, 4) is 0 Å². The third-order valence-corrected chi connectivity index (χ3v) is 5.41. The van der Waals surface area contributed by atoms with E-state index in [1.165, 1.54) is 23.3 Å². The van der Waals surface area contributed by atoms with E-state index >= 15 is 0 Å². The highest BCUT2D eigenvalue weighted by atomic mass is 79.9. The maximum Gasteiger partial charge on any atom is 0.0546 e. The summed E-state index contributed by atoms with van der Waals surface area (Å²) in [6.07, 6.45) is 1.20. The molecule has 2 rings (SSSR count). The molecule has 0 nitrogen and oxygen atoms in total. The molecule has 0 spiro atoms. The van der Waals surface area contributed by atoms with Crippen molar-refractivity contribution in [2.75, 3.05) is 5.75 Å². The fourth-order valence-corrected chi connectivity index (χ4v) is 3.59. The number of rotatable bonds is 5. The average molecular weight is 400 g/mol. The molecule has 0 saturated carbocycles. The third-order valence-electron chi connectivity index (χ3n) is 2.83. The van der Waals surface area contributed by atoms with Crippen LogP contribution in [0.4, 0.5) is 0 Å². The zero-order chi connectivity index (χ0) is 13.7. The average Bonchev–Trinajstić information content (AvgIpc) is 2.43. The highest BCUT2D eigenvalue weighted by molar-refractivity contribution is 9.10. The van der Waals surface area contributed by atoms with Gasteiger partial charge in [0.25, 0.3) is 0 Å². The van der Waals surface area contributed by atoms with Gasteiger partial charge in [0.2, 0.25) is 0 Å². The van der Waals surface area contributed by atoms with E-state index in [1.807, 2.05) is 11.8 Å². The van der Waals surface area contributed by atoms with Gasteiger partial charge in [-0.2, -0.15) is 0 Å². The van der Waals surface area contributed by atoms with Crippen molar-refractivity contribution < 1.29 is 0 Å². The Morgan fingerprint density at radius 2 is 1.26 bits per heavy atom. The molecule has 0 aliphatic carbocycles. The lowest BCUT2D eigenvalue weighted by Crippen LogP contribution is -1.97. The maximum absolute atomic E-state index is 3.50. The summed E-state index contributed by atoms with van der Waals surface area (Å²) in [5.74, 6) is 1.18. The van der Waals surface area contributed by atoms with Gasteiger partial charge in [-0.1, -0.05) is 63.0 Å². The topological polar surface area (TPSA) is 0 Å². The number of halogens is 2. The molecule has 0 saturated heterocycles. The minimum atomic E-state index is 0.418. The van der Waals surface area contributed by atoms with E-state index < -0.39 is 0 Å². The second kappa shape index (κ2) is 7.51. The van der Waals surface area contributed by atoms with Gasteiger partial charge < -0.3 is 0 Å². The van der Waals surface area contributed by atoms with E-state index in [2.05, 4.69) is 87.3 Å². The van der Waals surface area contributed by atoms with Crippen LogP contribution in [0.5, 0.6) is 0 Å². The Kier molecular flexibility index (Phi) is 5.99. The third kappa shape index (κ3) is 4.37. The molecule has 2 aromatic carbocycles. The summed E-state index contributed by atoms with van der Waals surface area (Å²) >= 11 is 9.01. The first-order valence-electron chi connectivity index (χ1n) is 6.33. The molecule has 0 atom stereocenters. The molecule has 0 amide bonds. The SMILES string of the molecule is CCCSC(c1ccc(Br)cc1)c1ccc(Br)cc1. The van der Waals surface area contributed by atoms with Crippen LogP contribution in [0.3, 0.4) is 0 Å². The predicted octanol–water partition coefficient (Wildman–Crippen LogP) is 6.44. The zero-order valence-corrected chi connectivity index (χ0v) is 14.8. The van der Waals surface area contributed by atoms with E-state index in [0.29, 0.717) is 5.25 Å². The summed E-state index contributed by atoms with van der Waals surface area (Å²) in [5, 5.41) is 0.418. The maximum atomic E-state index is 3.50. The number of hydrogen-bond acceptors (Lipinski definition) is 1. The van der Waals surface area contributed by atoms with Gasteiger partial charge >= 0.3 is 0 Å². The van der Waals surface area contributed by atoms with Crippen LogP contribution in [0.25, 0.3) is 0 Å². The number of thioether (sulfide) groups is 1. The van der Waals surface area contributed by atoms with E-state index in [9.17, 15) is 0 Å². The van der Waals surface area contributed by atoms with Crippen LogP contribution in [0.15, 0.2) is 57.5 Å². The fraction of sp³-hybridized carbons (Fsp3) is 0.250. The van der Waals surface area contributed by atoms with Crippen LogP contribution in [0.2, 0.25) is 0 Å². The zero-order valence-electron chi connectivity index (χ0n) is 10.8. The summed E-state index contributed by atoms with van der Waals surface area (Å²) in [6, 6.07) is 17.3. The van der Waals surface area contributed by atoms with Crippen molar-refractivity contribution in [1.29, 1.82) is 0 Å². The van der Waals surface area contributed by atoms with Gasteiger partial charge in [0.1, 0.15) is 0 Å². The molecular formula is C16H16Br2S. The Bertz CT molecular complexity index is 460. The molecule has 19 heavy (non-hydrogen) atoms. The second-order valence-electron chi connectivity index (χ2n) is 4.35. The lowest BCUT2D eigenvalue weighted by atomic mass is 10.0. The highest BCUT2D eigenvalue weighted by Crippen LogP contribution is 2.36. The van der Waals surface area contributed by atoms with Crippen LogP contribution in [0, 0.1) is 0 Å². The molecule has 2 aromatic rings. The Hall–Kier alpha value is -0.250.